The molecule has 1 aliphatic rings. The van der Waals surface area contributed by atoms with Crippen molar-refractivity contribution in [3.8, 4) is 0 Å². The van der Waals surface area contributed by atoms with Crippen molar-refractivity contribution >= 4 is 32.7 Å². The van der Waals surface area contributed by atoms with E-state index >= 15 is 0 Å². The monoisotopic (exact) mass is 388 g/mol. The zero-order valence-electron chi connectivity index (χ0n) is 14.8. The zero-order chi connectivity index (χ0) is 20.2. The predicted molar refractivity (Wildman–Crippen MR) is 100 cm³/mol. The SMILES string of the molecule is CS(=O)(=O)[O-].N=C(N)c1ccc2cc(C3(CC(=O)[O-])C=CCC3)ccc2c1. The minimum absolute atomic E-state index is 0.000532. The third kappa shape index (κ3) is 5.63. The van der Waals surface area contributed by atoms with Crippen LogP contribution in [0.3, 0.4) is 0 Å². The number of aliphatic carboxylic acids is 1. The summed E-state index contributed by atoms with van der Waals surface area (Å²) in [6.07, 6.45) is 6.31. The van der Waals surface area contributed by atoms with Gasteiger partial charge in [0.05, 0.1) is 10.1 Å². The molecule has 0 aliphatic heterocycles. The molecule has 7 nitrogen and oxygen atoms in total. The Balaban J connectivity index is 0.000000465. The van der Waals surface area contributed by atoms with Crippen LogP contribution in [0.25, 0.3) is 10.8 Å². The Morgan fingerprint density at radius 2 is 1.81 bits per heavy atom. The van der Waals surface area contributed by atoms with Gasteiger partial charge in [-0.25, -0.2) is 8.42 Å². The highest BCUT2D eigenvalue weighted by Crippen LogP contribution is 2.40. The van der Waals surface area contributed by atoms with Crippen molar-refractivity contribution in [2.45, 2.75) is 24.7 Å². The van der Waals surface area contributed by atoms with Crippen molar-refractivity contribution in [3.05, 3.63) is 59.7 Å². The summed E-state index contributed by atoms with van der Waals surface area (Å²) in [6.45, 7) is 0. The highest BCUT2D eigenvalue weighted by molar-refractivity contribution is 7.84. The first-order valence-electron chi connectivity index (χ1n) is 8.17. The Kier molecular flexibility index (Phi) is 6.02. The number of amidine groups is 1. The molecular formula is C19H20N2O5S-2. The van der Waals surface area contributed by atoms with Gasteiger partial charge in [-0.2, -0.15) is 0 Å². The molecule has 144 valence electrons. The van der Waals surface area contributed by atoms with E-state index in [1.165, 1.54) is 0 Å². The van der Waals surface area contributed by atoms with Gasteiger partial charge >= 0.3 is 0 Å². The summed E-state index contributed by atoms with van der Waals surface area (Å²) >= 11 is 0. The first-order valence-corrected chi connectivity index (χ1v) is 9.99. The third-order valence-corrected chi connectivity index (χ3v) is 4.38. The van der Waals surface area contributed by atoms with E-state index in [0.717, 1.165) is 29.2 Å². The van der Waals surface area contributed by atoms with Crippen LogP contribution in [0.1, 0.15) is 30.4 Å². The van der Waals surface area contributed by atoms with Gasteiger partial charge in [0.15, 0.2) is 0 Å². The van der Waals surface area contributed by atoms with Crippen LogP contribution in [0, 0.1) is 5.41 Å². The molecule has 3 rings (SSSR count). The number of carbonyl (C=O) groups excluding carboxylic acids is 1. The molecular weight excluding hydrogens is 368 g/mol. The van der Waals surface area contributed by atoms with Crippen LogP contribution < -0.4 is 10.8 Å². The number of carbonyl (C=O) groups is 1. The quantitative estimate of drug-likeness (QED) is 0.346. The van der Waals surface area contributed by atoms with Gasteiger partial charge in [0.2, 0.25) is 0 Å². The Labute approximate surface area is 157 Å². The average molecular weight is 388 g/mol. The van der Waals surface area contributed by atoms with Gasteiger partial charge in [-0.05, 0) is 35.2 Å². The Morgan fingerprint density at radius 3 is 2.33 bits per heavy atom. The maximum absolute atomic E-state index is 11.1. The number of benzene rings is 2. The number of carboxylic acids is 1. The van der Waals surface area contributed by atoms with Gasteiger partial charge in [0, 0.05) is 29.6 Å². The lowest BCUT2D eigenvalue weighted by molar-refractivity contribution is -0.306. The highest BCUT2D eigenvalue weighted by atomic mass is 32.2. The fourth-order valence-electron chi connectivity index (χ4n) is 3.20. The minimum atomic E-state index is -3.92. The maximum Gasteiger partial charge on any atom is 0.122 e. The molecule has 8 heteroatoms. The van der Waals surface area contributed by atoms with E-state index in [2.05, 4.69) is 0 Å². The molecule has 0 amide bonds. The normalized spacial score (nSPS) is 18.7. The van der Waals surface area contributed by atoms with Gasteiger partial charge in [-0.1, -0.05) is 42.5 Å². The van der Waals surface area contributed by atoms with Crippen molar-refractivity contribution in [2.24, 2.45) is 5.73 Å². The van der Waals surface area contributed by atoms with Crippen molar-refractivity contribution in [1.82, 2.24) is 0 Å². The molecule has 0 spiro atoms. The maximum atomic E-state index is 11.1. The summed E-state index contributed by atoms with van der Waals surface area (Å²) in [5, 5.41) is 20.6. The molecule has 0 heterocycles. The van der Waals surface area contributed by atoms with Crippen LogP contribution in [0.4, 0.5) is 0 Å². The van der Waals surface area contributed by atoms with E-state index in [-0.39, 0.29) is 12.3 Å². The van der Waals surface area contributed by atoms with Gasteiger partial charge in [-0.3, -0.25) is 5.41 Å². The number of allylic oxidation sites excluding steroid dienone is 2. The lowest BCUT2D eigenvalue weighted by Gasteiger charge is -2.29. The minimum Gasteiger partial charge on any atom is -0.748 e. The summed E-state index contributed by atoms with van der Waals surface area (Å²) < 4.78 is 27.2. The number of rotatable bonds is 4. The van der Waals surface area contributed by atoms with Gasteiger partial charge < -0.3 is 20.2 Å². The van der Waals surface area contributed by atoms with E-state index in [4.69, 9.17) is 24.1 Å². The molecule has 1 aliphatic carbocycles. The second kappa shape index (κ2) is 7.89. The molecule has 27 heavy (non-hydrogen) atoms. The summed E-state index contributed by atoms with van der Waals surface area (Å²) in [4.78, 5) is 11.1. The number of carboxylic acid groups (broad SMARTS) is 1. The fraction of sp³-hybridized carbons (Fsp3) is 0.263. The van der Waals surface area contributed by atoms with Crippen molar-refractivity contribution in [1.29, 1.82) is 5.41 Å². The average Bonchev–Trinajstić information content (AvgIpc) is 3.01. The first kappa shape index (κ1) is 20.6. The number of nitrogen functional groups attached to an aromatic ring is 1. The zero-order valence-corrected chi connectivity index (χ0v) is 15.6. The van der Waals surface area contributed by atoms with Gasteiger partial charge in [0.1, 0.15) is 5.84 Å². The van der Waals surface area contributed by atoms with E-state index in [9.17, 15) is 9.90 Å². The van der Waals surface area contributed by atoms with Crippen molar-refractivity contribution in [2.75, 3.05) is 6.26 Å². The first-order chi connectivity index (χ1) is 12.5. The molecule has 0 saturated carbocycles. The molecule has 0 saturated heterocycles. The van der Waals surface area contributed by atoms with E-state index in [0.29, 0.717) is 11.8 Å². The van der Waals surface area contributed by atoms with Crippen LogP contribution in [0.2, 0.25) is 0 Å². The molecule has 0 radical (unpaired) electrons. The Bertz CT molecular complexity index is 1010. The Hall–Kier alpha value is -2.71. The second-order valence-corrected chi connectivity index (χ2v) is 7.95. The molecule has 3 N–H and O–H groups in total. The third-order valence-electron chi connectivity index (χ3n) is 4.38. The van der Waals surface area contributed by atoms with Crippen LogP contribution in [0.5, 0.6) is 0 Å². The second-order valence-electron chi connectivity index (χ2n) is 6.54. The summed E-state index contributed by atoms with van der Waals surface area (Å²) in [5.74, 6) is -0.989. The number of fused-ring (bicyclic) bond motifs is 1. The molecule has 0 aromatic heterocycles. The largest absolute Gasteiger partial charge is 0.748 e. The van der Waals surface area contributed by atoms with E-state index in [1.54, 1.807) is 0 Å². The van der Waals surface area contributed by atoms with Crippen LogP contribution >= 0.6 is 0 Å². The van der Waals surface area contributed by atoms with E-state index < -0.39 is 21.5 Å². The topological polar surface area (TPSA) is 147 Å². The van der Waals surface area contributed by atoms with Crippen molar-refractivity contribution in [3.63, 3.8) is 0 Å². The molecule has 2 aromatic carbocycles. The predicted octanol–water partition coefficient (Wildman–Crippen LogP) is 1.01. The number of hydrogen-bond acceptors (Lipinski definition) is 6. The smallest absolute Gasteiger partial charge is 0.122 e. The summed E-state index contributed by atoms with van der Waals surface area (Å²) in [6, 6.07) is 11.5. The summed E-state index contributed by atoms with van der Waals surface area (Å²) in [5.41, 5.74) is 6.73. The Morgan fingerprint density at radius 1 is 1.22 bits per heavy atom. The van der Waals surface area contributed by atoms with Crippen LogP contribution in [-0.2, 0) is 20.3 Å². The molecule has 2 aromatic rings. The lowest BCUT2D eigenvalue weighted by atomic mass is 9.76. The highest BCUT2D eigenvalue weighted by Gasteiger charge is 2.32. The van der Waals surface area contributed by atoms with Crippen LogP contribution in [-0.4, -0.2) is 31.0 Å². The standard InChI is InChI=1S/C18H18N2O2.CH4O3S/c19-17(20)14-4-3-13-10-15(6-5-12(13)9-14)18(11-16(21)22)7-1-2-8-18;1-5(2,3)4/h1,3-7,9-10H,2,8,11H2,(H3,19,20)(H,21,22);1H3,(H,2,3,4)/p-2. The summed E-state index contributed by atoms with van der Waals surface area (Å²) in [7, 11) is -3.92. The van der Waals surface area contributed by atoms with E-state index in [1.807, 2.05) is 48.6 Å². The molecule has 0 bridgehead atoms. The number of nitrogens with one attached hydrogen (secondary N) is 1. The molecule has 1 atom stereocenters. The lowest BCUT2D eigenvalue weighted by Crippen LogP contribution is -2.33. The molecule has 0 fully saturated rings. The molecule has 1 unspecified atom stereocenters. The van der Waals surface area contributed by atoms with Gasteiger partial charge in [-0.15, -0.1) is 0 Å². The van der Waals surface area contributed by atoms with Crippen LogP contribution in [0.15, 0.2) is 48.6 Å². The van der Waals surface area contributed by atoms with Crippen molar-refractivity contribution < 1.29 is 22.9 Å². The number of hydrogen-bond donors (Lipinski definition) is 2. The number of nitrogens with two attached hydrogens (primary N) is 1. The van der Waals surface area contributed by atoms with Gasteiger partial charge in [0.25, 0.3) is 0 Å². The fourth-order valence-corrected chi connectivity index (χ4v) is 3.20.